The Morgan fingerprint density at radius 3 is 1.15 bits per heavy atom. The van der Waals surface area contributed by atoms with Gasteiger partial charge in [0.15, 0.2) is 0 Å². The number of non-ortho nitro benzene ring substituents is 2. The number of ether oxygens (including phenoxy) is 3. The number of nitrogens with one attached hydrogen (secondary N) is 1. The van der Waals surface area contributed by atoms with Gasteiger partial charge in [-0.3, -0.25) is 57.7 Å². The molecule has 0 saturated heterocycles. The number of nitro groups is 2. The van der Waals surface area contributed by atoms with E-state index in [1.54, 1.807) is 116 Å². The number of hydrogen-bond acceptors (Lipinski definition) is 17. The SMILES string of the molecule is C.COc1cc(=O)[nH]cc1-c1ccc(F)cc1.COc1cc(=O)n(-c2cccc(N)c2)cc1-c1ccc(F)cc1.COc1cc(=O)n(-c2cccc([N+](=O)[O-])c2)cc1-c1ccc(F)cc1.Nc1cccc(-n2cc(-c3ccc(F)cc3)c(O)cc2=O)c1.O=P(Cl)(Cl)Cl.O=[N+]([O-])c1cccc(B(O)O)c1.[HH]. The molecule has 0 atom stereocenters. The fourth-order valence-corrected chi connectivity index (χ4v) is 9.42. The summed E-state index contributed by atoms with van der Waals surface area (Å²) in [5, 5.41) is 45.3. The van der Waals surface area contributed by atoms with E-state index in [0.717, 1.165) is 28.8 Å². The van der Waals surface area contributed by atoms with Crippen molar-refractivity contribution in [3.63, 3.8) is 0 Å². The fourth-order valence-electron chi connectivity index (χ4n) is 9.42. The Morgan fingerprint density at radius 1 is 0.471 bits per heavy atom. The molecule has 0 amide bonds. The van der Waals surface area contributed by atoms with E-state index >= 15 is 0 Å². The summed E-state index contributed by atoms with van der Waals surface area (Å²) < 4.78 is 81.4. The summed E-state index contributed by atoms with van der Waals surface area (Å²) in [5.41, 5.74) is 18.0. The molecule has 0 fully saturated rings. The van der Waals surface area contributed by atoms with Crippen LogP contribution in [0.5, 0.6) is 23.0 Å². The minimum Gasteiger partial charge on any atom is -0.507 e. The number of halogens is 7. The van der Waals surface area contributed by atoms with Crippen LogP contribution in [0.3, 0.4) is 0 Å². The molecule has 104 heavy (non-hydrogen) atoms. The van der Waals surface area contributed by atoms with Crippen LogP contribution in [0.15, 0.2) is 262 Å². The van der Waals surface area contributed by atoms with Gasteiger partial charge in [0.05, 0.1) is 48.2 Å². The molecule has 538 valence electrons. The molecule has 0 aliphatic rings. The number of nitrogen functional groups attached to an aromatic ring is 2. The Kier molecular flexibility index (Phi) is 29.2. The van der Waals surface area contributed by atoms with Gasteiger partial charge in [0.25, 0.3) is 33.6 Å². The lowest BCUT2D eigenvalue weighted by Gasteiger charge is -2.13. The van der Waals surface area contributed by atoms with Gasteiger partial charge in [-0.1, -0.05) is 86.3 Å². The molecule has 4 aromatic heterocycles. The number of aromatic hydroxyl groups is 1. The highest BCUT2D eigenvalue weighted by Gasteiger charge is 2.18. The van der Waals surface area contributed by atoms with Crippen LogP contribution in [-0.2, 0) is 4.57 Å². The number of pyridine rings is 4. The second-order valence-corrected chi connectivity index (χ2v) is 27.7. The van der Waals surface area contributed by atoms with E-state index in [4.69, 9.17) is 35.7 Å². The van der Waals surface area contributed by atoms with Gasteiger partial charge in [0, 0.05) is 108 Å². The third-order valence-electron chi connectivity index (χ3n) is 14.2. The van der Waals surface area contributed by atoms with Gasteiger partial charge in [-0.2, -0.15) is 0 Å². The van der Waals surface area contributed by atoms with E-state index in [9.17, 15) is 66.6 Å². The first kappa shape index (κ1) is 80.9. The Bertz CT molecular complexity index is 5270. The molecule has 8 aromatic carbocycles. The van der Waals surface area contributed by atoms with Crippen molar-refractivity contribution >= 4 is 74.3 Å². The lowest BCUT2D eigenvalue weighted by Crippen LogP contribution is -2.29. The minimum absolute atomic E-state index is 0. The fraction of sp³-hybridized carbons (Fsp3) is 0.0556. The highest BCUT2D eigenvalue weighted by atomic mass is 36.0. The lowest BCUT2D eigenvalue weighted by atomic mass is 9.80. The number of aromatic nitrogens is 4. The zero-order valence-electron chi connectivity index (χ0n) is 53.9. The number of anilines is 2. The van der Waals surface area contributed by atoms with Crippen molar-refractivity contribution in [1.29, 1.82) is 0 Å². The van der Waals surface area contributed by atoms with Crippen molar-refractivity contribution in [2.75, 3.05) is 32.8 Å². The van der Waals surface area contributed by atoms with Crippen LogP contribution in [0.25, 0.3) is 61.6 Å². The number of nitrogens with two attached hydrogens (primary N) is 2. The van der Waals surface area contributed by atoms with E-state index in [2.05, 4.69) is 38.7 Å². The van der Waals surface area contributed by atoms with Crippen LogP contribution in [0, 0.1) is 43.5 Å². The minimum atomic E-state index is -3.22. The number of hydrogen-bond donors (Lipinski definition) is 6. The van der Waals surface area contributed by atoms with Gasteiger partial charge in [0.1, 0.15) is 46.3 Å². The number of aromatic amines is 1. The van der Waals surface area contributed by atoms with Crippen molar-refractivity contribution in [1.82, 2.24) is 18.7 Å². The Morgan fingerprint density at radius 2 is 0.788 bits per heavy atom. The Balaban J connectivity index is 0.000000235. The average Bonchev–Trinajstić information content (AvgIpc) is 0.805. The molecule has 0 aliphatic heterocycles. The average molecular weight is 1500 g/mol. The normalized spacial score (nSPS) is 10.3. The third-order valence-corrected chi connectivity index (χ3v) is 14.2. The summed E-state index contributed by atoms with van der Waals surface area (Å²) in [6.07, 6.45) is 6.25. The lowest BCUT2D eigenvalue weighted by molar-refractivity contribution is -0.385. The van der Waals surface area contributed by atoms with E-state index < -0.39 is 27.7 Å². The van der Waals surface area contributed by atoms with E-state index in [1.807, 2.05) is 0 Å². The smallest absolute Gasteiger partial charge is 0.488 e. The maximum atomic E-state index is 13.2. The van der Waals surface area contributed by atoms with E-state index in [1.165, 1.54) is 151 Å². The van der Waals surface area contributed by atoms with Gasteiger partial charge < -0.3 is 45.8 Å². The molecule has 12 aromatic rings. The summed E-state index contributed by atoms with van der Waals surface area (Å²) in [5.74, 6) is -0.293. The summed E-state index contributed by atoms with van der Waals surface area (Å²) in [7, 11) is 2.75. The van der Waals surface area contributed by atoms with Crippen LogP contribution in [0.1, 0.15) is 8.85 Å². The molecule has 0 bridgehead atoms. The summed E-state index contributed by atoms with van der Waals surface area (Å²) in [6, 6.07) is 53.4. The molecule has 4 heterocycles. The highest BCUT2D eigenvalue weighted by molar-refractivity contribution is 8.24. The number of nitrogens with zero attached hydrogens (tertiary/aromatic N) is 5. The van der Waals surface area contributed by atoms with Gasteiger partial charge >= 0.3 is 12.3 Å². The predicted molar refractivity (Wildman–Crippen MR) is 398 cm³/mol. The second-order valence-electron chi connectivity index (χ2n) is 21.1. The topological polar surface area (TPSA) is 343 Å². The molecule has 0 spiro atoms. The molecule has 0 radical (unpaired) electrons. The van der Waals surface area contributed by atoms with Crippen LogP contribution < -0.4 is 53.4 Å². The monoisotopic (exact) mass is 1500 g/mol. The molecular weight excluding hydrogens is 1440 g/mol. The summed E-state index contributed by atoms with van der Waals surface area (Å²) in [4.78, 5) is 70.5. The standard InChI is InChI=1S/C18H13FN2O4.C18H15FN2O2.C17H13FN2O2.C12H10FNO2.C6H6BNO4.CH4.Cl3OP.H2/c1-25-17-10-18(22)20(14-3-2-4-15(9-14)21(23)24)11-16(17)12-5-7-13(19)8-6-12;1-23-17-10-18(22)21(15-4-2-3-14(20)9-15)11-16(17)12-5-7-13(19)8-6-12;18-12-6-4-11(5-7-12)15-10-20(17(22)9-16(15)21)14-3-1-2-13(19)8-14;1-16-11-6-12(15)14-7-10(11)8-2-4-9(13)5-3-8;9-7(10)5-2-1-3-6(4-5)8(11)12;;1-5(2,3)4;/h2-11H,1H3;2-11H,20H2,1H3;1-10,21H,19H2;2-7H,1H3,(H,14,15);1-4,9-10H;1H4;;1H. The predicted octanol–water partition coefficient (Wildman–Crippen LogP) is 14.9. The van der Waals surface area contributed by atoms with Crippen molar-refractivity contribution in [2.24, 2.45) is 0 Å². The molecule has 8 N–H and O–H groups in total. The Labute approximate surface area is 605 Å². The first-order chi connectivity index (χ1) is 48.9. The number of benzene rings is 8. The highest BCUT2D eigenvalue weighted by Crippen LogP contribution is 2.61. The van der Waals surface area contributed by atoms with Crippen molar-refractivity contribution in [3.05, 3.63) is 328 Å². The van der Waals surface area contributed by atoms with Crippen molar-refractivity contribution in [3.8, 4) is 84.6 Å². The number of H-pyrrole nitrogens is 1. The van der Waals surface area contributed by atoms with E-state index in [0.29, 0.717) is 73.5 Å². The van der Waals surface area contributed by atoms with Gasteiger partial charge in [-0.15, -0.1) is 0 Å². The first-order valence-electron chi connectivity index (χ1n) is 29.6. The Hall–Kier alpha value is -12.0. The van der Waals surface area contributed by atoms with Gasteiger partial charge in [0.2, 0.25) is 0 Å². The molecule has 0 unspecified atom stereocenters. The number of rotatable bonds is 13. The van der Waals surface area contributed by atoms with Crippen LogP contribution in [0.2, 0.25) is 0 Å². The van der Waals surface area contributed by atoms with Crippen LogP contribution in [0.4, 0.5) is 40.3 Å². The third kappa shape index (κ3) is 23.3. The second kappa shape index (κ2) is 37.6. The van der Waals surface area contributed by atoms with E-state index in [-0.39, 0.29) is 71.4 Å². The molecule has 0 aliphatic carbocycles. The zero-order valence-corrected chi connectivity index (χ0v) is 57.1. The molecule has 12 rings (SSSR count). The van der Waals surface area contributed by atoms with Crippen molar-refractivity contribution < 1.29 is 62.8 Å². The van der Waals surface area contributed by atoms with Gasteiger partial charge in [-0.05, 0) is 152 Å². The first-order valence-corrected chi connectivity index (χ1v) is 34.0. The zero-order chi connectivity index (χ0) is 75.2. The molecule has 23 nitrogen and oxygen atoms in total. The maximum absolute atomic E-state index is 13.2. The molecule has 32 heteroatoms. The molecule has 0 saturated carbocycles. The van der Waals surface area contributed by atoms with Crippen LogP contribution in [-0.4, -0.2) is 72.1 Å². The molecular formula is C72H63BCl3F4N8O15P. The largest absolute Gasteiger partial charge is 0.507 e. The maximum Gasteiger partial charge on any atom is 0.488 e. The summed E-state index contributed by atoms with van der Waals surface area (Å²) >= 11 is 13.8. The van der Waals surface area contributed by atoms with Crippen molar-refractivity contribution in [2.45, 2.75) is 7.43 Å². The van der Waals surface area contributed by atoms with Crippen LogP contribution >= 0.6 is 38.9 Å². The quantitative estimate of drug-likeness (QED) is 0.0156. The van der Waals surface area contributed by atoms with Gasteiger partial charge in [-0.25, -0.2) is 17.6 Å². The number of methoxy groups -OCH3 is 3. The summed E-state index contributed by atoms with van der Waals surface area (Å²) in [6.45, 7) is 0. The number of nitro benzene ring substituents is 2.